The normalized spacial score (nSPS) is 19.8. The summed E-state index contributed by atoms with van der Waals surface area (Å²) >= 11 is 0. The summed E-state index contributed by atoms with van der Waals surface area (Å²) in [5.41, 5.74) is 0. The van der Waals surface area contributed by atoms with Gasteiger partial charge < -0.3 is 14.4 Å². The van der Waals surface area contributed by atoms with Crippen LogP contribution in [0.2, 0.25) is 0 Å². The molecule has 0 radical (unpaired) electrons. The summed E-state index contributed by atoms with van der Waals surface area (Å²) in [6, 6.07) is 0. The van der Waals surface area contributed by atoms with Crippen molar-refractivity contribution < 1.29 is 19.1 Å². The lowest BCUT2D eigenvalue weighted by Crippen LogP contribution is -2.42. The second-order valence-electron chi connectivity index (χ2n) is 4.25. The lowest BCUT2D eigenvalue weighted by Gasteiger charge is -2.28. The van der Waals surface area contributed by atoms with Crippen LogP contribution in [-0.2, 0) is 19.1 Å². The minimum Gasteiger partial charge on any atom is -0.468 e. The number of nitrogens with zero attached hydrogens (tertiary/aromatic N) is 1. The third kappa shape index (κ3) is 4.34. The fraction of sp³-hybridized carbons (Fsp3) is 0.833. The molecular weight excluding hydrogens is 222 g/mol. The van der Waals surface area contributed by atoms with Gasteiger partial charge in [0.1, 0.15) is 6.54 Å². The number of carbonyl (C=O) groups is 2. The molecule has 0 bridgehead atoms. The Labute approximate surface area is 102 Å². The Morgan fingerprint density at radius 2 is 2.24 bits per heavy atom. The number of amides is 1. The van der Waals surface area contributed by atoms with E-state index in [0.29, 0.717) is 13.2 Å². The van der Waals surface area contributed by atoms with Crippen LogP contribution in [0.15, 0.2) is 0 Å². The van der Waals surface area contributed by atoms with Gasteiger partial charge >= 0.3 is 5.97 Å². The molecule has 5 heteroatoms. The summed E-state index contributed by atoms with van der Waals surface area (Å²) in [7, 11) is 1.33. The van der Waals surface area contributed by atoms with Crippen molar-refractivity contribution in [3.05, 3.63) is 0 Å². The predicted molar refractivity (Wildman–Crippen MR) is 62.4 cm³/mol. The number of hydrogen-bond donors (Lipinski definition) is 0. The number of ether oxygens (including phenoxy) is 2. The second kappa shape index (κ2) is 7.27. The van der Waals surface area contributed by atoms with Crippen LogP contribution in [0, 0.1) is 5.92 Å². The molecule has 0 aliphatic carbocycles. The molecule has 0 spiro atoms. The molecule has 1 amide bonds. The zero-order valence-corrected chi connectivity index (χ0v) is 10.6. The first-order chi connectivity index (χ1) is 8.19. The zero-order valence-electron chi connectivity index (χ0n) is 10.6. The van der Waals surface area contributed by atoms with E-state index >= 15 is 0 Å². The molecule has 1 atom stereocenters. The van der Waals surface area contributed by atoms with Gasteiger partial charge in [-0.25, -0.2) is 0 Å². The van der Waals surface area contributed by atoms with Gasteiger partial charge in [0.2, 0.25) is 5.91 Å². The van der Waals surface area contributed by atoms with E-state index in [9.17, 15) is 9.59 Å². The largest absolute Gasteiger partial charge is 0.468 e. The summed E-state index contributed by atoms with van der Waals surface area (Å²) in [4.78, 5) is 25.0. The van der Waals surface area contributed by atoms with E-state index in [0.717, 1.165) is 25.9 Å². The maximum Gasteiger partial charge on any atom is 0.325 e. The van der Waals surface area contributed by atoms with Gasteiger partial charge in [-0.2, -0.15) is 0 Å². The summed E-state index contributed by atoms with van der Waals surface area (Å²) in [6.45, 7) is 3.81. The van der Waals surface area contributed by atoms with Crippen LogP contribution in [0.25, 0.3) is 0 Å². The van der Waals surface area contributed by atoms with Crippen LogP contribution in [0.5, 0.6) is 0 Å². The van der Waals surface area contributed by atoms with Crippen molar-refractivity contribution in [1.82, 2.24) is 4.90 Å². The lowest BCUT2D eigenvalue weighted by molar-refractivity contribution is -0.150. The Kier molecular flexibility index (Phi) is 5.97. The monoisotopic (exact) mass is 243 g/mol. The van der Waals surface area contributed by atoms with Crippen LogP contribution in [-0.4, -0.2) is 50.2 Å². The second-order valence-corrected chi connectivity index (χ2v) is 4.25. The van der Waals surface area contributed by atoms with Gasteiger partial charge in [-0.15, -0.1) is 0 Å². The molecule has 0 aromatic heterocycles. The smallest absolute Gasteiger partial charge is 0.325 e. The Morgan fingerprint density at radius 3 is 2.76 bits per heavy atom. The Morgan fingerprint density at radius 1 is 1.47 bits per heavy atom. The van der Waals surface area contributed by atoms with Crippen LogP contribution in [0.3, 0.4) is 0 Å². The molecule has 17 heavy (non-hydrogen) atoms. The van der Waals surface area contributed by atoms with Gasteiger partial charge in [-0.05, 0) is 19.3 Å². The van der Waals surface area contributed by atoms with E-state index in [1.807, 2.05) is 6.92 Å². The van der Waals surface area contributed by atoms with E-state index in [4.69, 9.17) is 4.74 Å². The maximum atomic E-state index is 12.2. The van der Waals surface area contributed by atoms with Crippen molar-refractivity contribution in [3.8, 4) is 0 Å². The molecule has 1 aliphatic rings. The van der Waals surface area contributed by atoms with Crippen molar-refractivity contribution in [3.63, 3.8) is 0 Å². The minimum absolute atomic E-state index is 0.0111. The number of rotatable bonds is 5. The van der Waals surface area contributed by atoms with E-state index in [1.54, 1.807) is 4.90 Å². The molecule has 0 aromatic carbocycles. The first kappa shape index (κ1) is 14.0. The summed E-state index contributed by atoms with van der Waals surface area (Å²) in [5, 5.41) is 0. The zero-order chi connectivity index (χ0) is 12.7. The molecule has 1 heterocycles. The first-order valence-corrected chi connectivity index (χ1v) is 6.12. The van der Waals surface area contributed by atoms with Crippen molar-refractivity contribution in [2.45, 2.75) is 26.2 Å². The fourth-order valence-corrected chi connectivity index (χ4v) is 1.95. The third-order valence-electron chi connectivity index (χ3n) is 2.86. The van der Waals surface area contributed by atoms with Crippen LogP contribution < -0.4 is 0 Å². The number of esters is 1. The fourth-order valence-electron chi connectivity index (χ4n) is 1.95. The molecule has 5 nitrogen and oxygen atoms in total. The predicted octanol–water partition coefficient (Wildman–Crippen LogP) is 0.825. The van der Waals surface area contributed by atoms with E-state index in [1.165, 1.54) is 7.11 Å². The van der Waals surface area contributed by atoms with E-state index < -0.39 is 0 Å². The van der Waals surface area contributed by atoms with Crippen LogP contribution in [0.4, 0.5) is 0 Å². The summed E-state index contributed by atoms with van der Waals surface area (Å²) in [6.07, 6.45) is 2.59. The lowest BCUT2D eigenvalue weighted by atomic mass is 10.0. The molecule has 98 valence electrons. The highest BCUT2D eigenvalue weighted by Gasteiger charge is 2.27. The van der Waals surface area contributed by atoms with Crippen LogP contribution >= 0.6 is 0 Å². The number of hydrogen-bond acceptors (Lipinski definition) is 4. The van der Waals surface area contributed by atoms with Gasteiger partial charge in [0.25, 0.3) is 0 Å². The summed E-state index contributed by atoms with van der Waals surface area (Å²) < 4.78 is 9.90. The molecule has 1 rings (SSSR count). The Balaban J connectivity index is 2.55. The molecule has 0 N–H and O–H groups in total. The minimum atomic E-state index is -0.372. The maximum absolute atomic E-state index is 12.2. The molecular formula is C12H21NO4. The highest BCUT2D eigenvalue weighted by Crippen LogP contribution is 2.16. The average Bonchev–Trinajstić information content (AvgIpc) is 2.38. The number of carbonyl (C=O) groups excluding carboxylic acids is 2. The van der Waals surface area contributed by atoms with Gasteiger partial charge in [0, 0.05) is 13.2 Å². The third-order valence-corrected chi connectivity index (χ3v) is 2.86. The Bertz CT molecular complexity index is 261. The molecule has 0 saturated carbocycles. The van der Waals surface area contributed by atoms with Crippen molar-refractivity contribution >= 4 is 11.9 Å². The SMILES string of the molecule is CCCN(CC(=O)OC)C(=O)C1CCCOC1. The quantitative estimate of drug-likeness (QED) is 0.671. The van der Waals surface area contributed by atoms with Gasteiger partial charge in [0.05, 0.1) is 19.6 Å². The van der Waals surface area contributed by atoms with Gasteiger partial charge in [-0.3, -0.25) is 9.59 Å². The topological polar surface area (TPSA) is 55.8 Å². The van der Waals surface area contributed by atoms with E-state index in [-0.39, 0.29) is 24.3 Å². The first-order valence-electron chi connectivity index (χ1n) is 6.12. The number of methoxy groups -OCH3 is 1. The van der Waals surface area contributed by atoms with Crippen molar-refractivity contribution in [1.29, 1.82) is 0 Å². The van der Waals surface area contributed by atoms with Crippen molar-refractivity contribution in [2.75, 3.05) is 33.4 Å². The summed E-state index contributed by atoms with van der Waals surface area (Å²) in [5.74, 6) is -0.458. The van der Waals surface area contributed by atoms with Gasteiger partial charge in [-0.1, -0.05) is 6.92 Å². The van der Waals surface area contributed by atoms with Crippen LogP contribution in [0.1, 0.15) is 26.2 Å². The standard InChI is InChI=1S/C12H21NO4/c1-3-6-13(8-11(14)16-2)12(15)10-5-4-7-17-9-10/h10H,3-9H2,1-2H3. The van der Waals surface area contributed by atoms with Crippen molar-refractivity contribution in [2.24, 2.45) is 5.92 Å². The molecule has 1 unspecified atom stereocenters. The average molecular weight is 243 g/mol. The molecule has 1 fully saturated rings. The highest BCUT2D eigenvalue weighted by atomic mass is 16.5. The molecule has 1 aliphatic heterocycles. The highest BCUT2D eigenvalue weighted by molar-refractivity contribution is 5.83. The molecule has 1 saturated heterocycles. The van der Waals surface area contributed by atoms with Gasteiger partial charge in [0.15, 0.2) is 0 Å². The van der Waals surface area contributed by atoms with E-state index in [2.05, 4.69) is 4.74 Å². The Hall–Kier alpha value is -1.10. The molecule has 0 aromatic rings.